The van der Waals surface area contributed by atoms with Gasteiger partial charge < -0.3 is 14.3 Å². The molecule has 1 fully saturated rings. The molecule has 7 nitrogen and oxygen atoms in total. The van der Waals surface area contributed by atoms with Crippen LogP contribution in [0.1, 0.15) is 46.5 Å². The van der Waals surface area contributed by atoms with E-state index in [1.54, 1.807) is 14.0 Å². The molecular formula is C14H23NO6. The highest BCUT2D eigenvalue weighted by atomic mass is 16.7. The zero-order valence-electron chi connectivity index (χ0n) is 13.0. The number of hydroxylamine groups is 2. The van der Waals surface area contributed by atoms with Crippen molar-refractivity contribution in [2.24, 2.45) is 0 Å². The number of hydrogen-bond acceptors (Lipinski definition) is 6. The lowest BCUT2D eigenvalue weighted by Crippen LogP contribution is -2.33. The molecule has 1 saturated heterocycles. The van der Waals surface area contributed by atoms with Crippen LogP contribution in [0.3, 0.4) is 0 Å². The average molecular weight is 301 g/mol. The third kappa shape index (κ3) is 5.81. The zero-order valence-corrected chi connectivity index (χ0v) is 13.0. The van der Waals surface area contributed by atoms with Gasteiger partial charge in [-0.1, -0.05) is 0 Å². The van der Waals surface area contributed by atoms with Gasteiger partial charge in [0.2, 0.25) is 0 Å². The molecule has 2 amide bonds. The maximum absolute atomic E-state index is 11.6. The summed E-state index contributed by atoms with van der Waals surface area (Å²) in [6.07, 6.45) is 0.475. The fraction of sp³-hybridized carbons (Fsp3) is 0.786. The van der Waals surface area contributed by atoms with E-state index in [2.05, 4.69) is 0 Å². The molecule has 1 heterocycles. The number of hydrogen-bond donors (Lipinski definition) is 0. The zero-order chi connectivity index (χ0) is 16.0. The van der Waals surface area contributed by atoms with Gasteiger partial charge in [0.1, 0.15) is 0 Å². The first-order valence-electron chi connectivity index (χ1n) is 6.98. The van der Waals surface area contributed by atoms with Gasteiger partial charge in [-0.2, -0.15) is 0 Å². The molecular weight excluding hydrogens is 278 g/mol. The van der Waals surface area contributed by atoms with Crippen molar-refractivity contribution >= 4 is 17.8 Å². The smallest absolute Gasteiger partial charge is 0.335 e. The highest BCUT2D eigenvalue weighted by molar-refractivity contribution is 6.01. The molecule has 0 bridgehead atoms. The Morgan fingerprint density at radius 2 is 1.86 bits per heavy atom. The van der Waals surface area contributed by atoms with Gasteiger partial charge in [-0.3, -0.25) is 9.59 Å². The maximum atomic E-state index is 11.6. The van der Waals surface area contributed by atoms with Crippen molar-refractivity contribution in [2.75, 3.05) is 13.7 Å². The molecule has 1 rings (SSSR count). The summed E-state index contributed by atoms with van der Waals surface area (Å²) in [6.45, 7) is 6.06. The lowest BCUT2D eigenvalue weighted by Gasteiger charge is -2.23. The summed E-state index contributed by atoms with van der Waals surface area (Å²) in [5.41, 5.74) is -0.283. The third-order valence-corrected chi connectivity index (χ3v) is 3.31. The van der Waals surface area contributed by atoms with E-state index in [1.807, 2.05) is 13.8 Å². The van der Waals surface area contributed by atoms with Gasteiger partial charge in [0, 0.05) is 26.6 Å². The summed E-state index contributed by atoms with van der Waals surface area (Å²) in [5.74, 6) is -1.62. The first-order valence-corrected chi connectivity index (χ1v) is 6.98. The predicted octanol–water partition coefficient (Wildman–Crippen LogP) is 1.20. The Morgan fingerprint density at radius 3 is 2.38 bits per heavy atom. The van der Waals surface area contributed by atoms with Crippen LogP contribution >= 0.6 is 0 Å². The molecule has 0 aliphatic carbocycles. The summed E-state index contributed by atoms with van der Waals surface area (Å²) in [6, 6.07) is 0. The van der Waals surface area contributed by atoms with Crippen LogP contribution in [0.5, 0.6) is 0 Å². The maximum Gasteiger partial charge on any atom is 0.335 e. The van der Waals surface area contributed by atoms with Crippen LogP contribution < -0.4 is 0 Å². The lowest BCUT2D eigenvalue weighted by atomic mass is 10.1. The highest BCUT2D eigenvalue weighted by Gasteiger charge is 2.33. The van der Waals surface area contributed by atoms with E-state index in [0.29, 0.717) is 18.1 Å². The van der Waals surface area contributed by atoms with Crippen molar-refractivity contribution in [1.82, 2.24) is 5.06 Å². The van der Waals surface area contributed by atoms with Crippen LogP contribution in [0.2, 0.25) is 0 Å². The summed E-state index contributed by atoms with van der Waals surface area (Å²) in [7, 11) is 1.63. The van der Waals surface area contributed by atoms with E-state index < -0.39 is 17.8 Å². The number of ether oxygens (including phenoxy) is 2. The van der Waals surface area contributed by atoms with E-state index >= 15 is 0 Å². The Morgan fingerprint density at radius 1 is 1.29 bits per heavy atom. The standard InChI is InChI=1S/C14H23NO6/c1-10(20-8-7-14(2,3)19-4)9-13(18)21-15-11(16)5-6-12(15)17/h10H,5-9H2,1-4H3. The SMILES string of the molecule is COC(C)(C)CCOC(C)CC(=O)ON1C(=O)CCC1=O. The van der Waals surface area contributed by atoms with Crippen molar-refractivity contribution in [1.29, 1.82) is 0 Å². The molecule has 0 saturated carbocycles. The Labute approximate surface area is 124 Å². The molecule has 0 aromatic carbocycles. The molecule has 1 aliphatic heterocycles. The Hall–Kier alpha value is -1.47. The monoisotopic (exact) mass is 301 g/mol. The number of amides is 2. The molecule has 21 heavy (non-hydrogen) atoms. The van der Waals surface area contributed by atoms with E-state index in [4.69, 9.17) is 14.3 Å². The van der Waals surface area contributed by atoms with Crippen molar-refractivity contribution in [3.8, 4) is 0 Å². The van der Waals surface area contributed by atoms with E-state index in [-0.39, 0.29) is 31.0 Å². The molecule has 7 heteroatoms. The number of methoxy groups -OCH3 is 1. The van der Waals surface area contributed by atoms with Crippen molar-refractivity contribution < 1.29 is 28.7 Å². The molecule has 1 aliphatic rings. The first kappa shape index (κ1) is 17.6. The van der Waals surface area contributed by atoms with E-state index in [1.165, 1.54) is 0 Å². The van der Waals surface area contributed by atoms with Crippen molar-refractivity contribution in [3.05, 3.63) is 0 Å². The van der Waals surface area contributed by atoms with Gasteiger partial charge in [0.05, 0.1) is 18.1 Å². The lowest BCUT2D eigenvalue weighted by molar-refractivity contribution is -0.199. The summed E-state index contributed by atoms with van der Waals surface area (Å²) in [4.78, 5) is 39.0. The van der Waals surface area contributed by atoms with E-state index in [0.717, 1.165) is 0 Å². The fourth-order valence-corrected chi connectivity index (χ4v) is 1.70. The van der Waals surface area contributed by atoms with Gasteiger partial charge in [0.15, 0.2) is 0 Å². The summed E-state index contributed by atoms with van der Waals surface area (Å²) < 4.78 is 10.8. The normalized spacial score (nSPS) is 17.2. The molecule has 0 aromatic heterocycles. The Balaban J connectivity index is 2.28. The van der Waals surface area contributed by atoms with Gasteiger partial charge in [0.25, 0.3) is 11.8 Å². The number of rotatable bonds is 8. The number of nitrogens with zero attached hydrogens (tertiary/aromatic N) is 1. The second-order valence-electron chi connectivity index (χ2n) is 5.64. The molecule has 1 unspecified atom stereocenters. The minimum absolute atomic E-state index is 0.0233. The second kappa shape index (κ2) is 7.51. The third-order valence-electron chi connectivity index (χ3n) is 3.31. The number of imide groups is 1. The van der Waals surface area contributed by atoms with Gasteiger partial charge in [-0.05, 0) is 27.2 Å². The van der Waals surface area contributed by atoms with Gasteiger partial charge in [-0.25, -0.2) is 4.79 Å². The second-order valence-corrected chi connectivity index (χ2v) is 5.64. The van der Waals surface area contributed by atoms with E-state index in [9.17, 15) is 14.4 Å². The minimum atomic E-state index is -0.655. The molecule has 0 N–H and O–H groups in total. The molecule has 0 spiro atoms. The van der Waals surface area contributed by atoms with Crippen LogP contribution in [0.25, 0.3) is 0 Å². The van der Waals surface area contributed by atoms with Crippen LogP contribution in [0, 0.1) is 0 Å². The van der Waals surface area contributed by atoms with Crippen molar-refractivity contribution in [2.45, 2.75) is 58.2 Å². The molecule has 120 valence electrons. The summed E-state index contributed by atoms with van der Waals surface area (Å²) >= 11 is 0. The topological polar surface area (TPSA) is 82.1 Å². The quantitative estimate of drug-likeness (QED) is 0.627. The van der Waals surface area contributed by atoms with Crippen LogP contribution in [-0.2, 0) is 28.7 Å². The fourth-order valence-electron chi connectivity index (χ4n) is 1.70. The van der Waals surface area contributed by atoms with Gasteiger partial charge >= 0.3 is 5.97 Å². The Kier molecular flexibility index (Phi) is 6.29. The van der Waals surface area contributed by atoms with Crippen LogP contribution in [0.15, 0.2) is 0 Å². The van der Waals surface area contributed by atoms with Crippen molar-refractivity contribution in [3.63, 3.8) is 0 Å². The first-order chi connectivity index (χ1) is 9.75. The number of carbonyl (C=O) groups is 3. The molecule has 1 atom stereocenters. The largest absolute Gasteiger partial charge is 0.379 e. The minimum Gasteiger partial charge on any atom is -0.379 e. The molecule has 0 aromatic rings. The number of carbonyl (C=O) groups excluding carboxylic acids is 3. The van der Waals surface area contributed by atoms with Gasteiger partial charge in [-0.15, -0.1) is 5.06 Å². The van der Waals surface area contributed by atoms with Crippen LogP contribution in [-0.4, -0.2) is 48.3 Å². The predicted molar refractivity (Wildman–Crippen MR) is 72.9 cm³/mol. The average Bonchev–Trinajstić information content (AvgIpc) is 2.70. The summed E-state index contributed by atoms with van der Waals surface area (Å²) in [5, 5.41) is 0.545. The van der Waals surface area contributed by atoms with Crippen LogP contribution in [0.4, 0.5) is 0 Å². The molecule has 0 radical (unpaired) electrons. The highest BCUT2D eigenvalue weighted by Crippen LogP contribution is 2.15. The Bertz CT molecular complexity index is 390.